The molecule has 1 fully saturated rings. The van der Waals surface area contributed by atoms with E-state index in [0.717, 1.165) is 35.6 Å². The summed E-state index contributed by atoms with van der Waals surface area (Å²) in [4.78, 5) is 0. The van der Waals surface area contributed by atoms with E-state index in [4.69, 9.17) is 0 Å². The summed E-state index contributed by atoms with van der Waals surface area (Å²) < 4.78 is 15.0. The number of aryl methyl sites for hydroxylation is 2. The van der Waals surface area contributed by atoms with Crippen molar-refractivity contribution < 1.29 is 4.39 Å². The molecule has 0 spiro atoms. The molecule has 1 heteroatoms. The number of hydrogen-bond acceptors (Lipinski definition) is 0. The second-order valence-electron chi connectivity index (χ2n) is 10.6. The summed E-state index contributed by atoms with van der Waals surface area (Å²) in [6, 6.07) is 18.3. The van der Waals surface area contributed by atoms with E-state index >= 15 is 0 Å². The Morgan fingerprint density at radius 3 is 2.17 bits per heavy atom. The Morgan fingerprint density at radius 1 is 0.743 bits per heavy atom. The first-order valence-corrected chi connectivity index (χ1v) is 14.0. The summed E-state index contributed by atoms with van der Waals surface area (Å²) in [5.41, 5.74) is 4.02. The van der Waals surface area contributed by atoms with Crippen LogP contribution in [0.25, 0.3) is 10.8 Å². The Bertz CT molecular complexity index is 1140. The highest BCUT2D eigenvalue weighted by Crippen LogP contribution is 2.34. The van der Waals surface area contributed by atoms with Gasteiger partial charge in [0.2, 0.25) is 0 Å². The van der Waals surface area contributed by atoms with Gasteiger partial charge >= 0.3 is 0 Å². The van der Waals surface area contributed by atoms with Gasteiger partial charge in [0.15, 0.2) is 0 Å². The van der Waals surface area contributed by atoms with Crippen molar-refractivity contribution >= 4 is 10.8 Å². The van der Waals surface area contributed by atoms with E-state index in [-0.39, 0.29) is 5.82 Å². The van der Waals surface area contributed by atoms with Crippen LogP contribution >= 0.6 is 0 Å². The molecule has 0 unspecified atom stereocenters. The fourth-order valence-electron chi connectivity index (χ4n) is 5.59. The van der Waals surface area contributed by atoms with Gasteiger partial charge in [-0.2, -0.15) is 0 Å². The van der Waals surface area contributed by atoms with Gasteiger partial charge in [0, 0.05) is 10.9 Å². The second-order valence-corrected chi connectivity index (χ2v) is 10.6. The predicted octanol–water partition coefficient (Wildman–Crippen LogP) is 9.65. The van der Waals surface area contributed by atoms with E-state index in [9.17, 15) is 4.39 Å². The first-order chi connectivity index (χ1) is 17.2. The van der Waals surface area contributed by atoms with Crippen LogP contribution in [0.4, 0.5) is 4.39 Å². The van der Waals surface area contributed by atoms with Crippen LogP contribution < -0.4 is 0 Å². The van der Waals surface area contributed by atoms with Crippen molar-refractivity contribution in [1.82, 2.24) is 0 Å². The molecule has 0 bridgehead atoms. The molecule has 0 amide bonds. The van der Waals surface area contributed by atoms with Crippen LogP contribution in [0.3, 0.4) is 0 Å². The summed E-state index contributed by atoms with van der Waals surface area (Å²) in [5.74, 6) is 7.88. The monoisotopic (exact) mass is 468 g/mol. The molecule has 0 aliphatic heterocycles. The van der Waals surface area contributed by atoms with Gasteiger partial charge in [0.25, 0.3) is 0 Å². The molecular formula is C34H41F. The largest absolute Gasteiger partial charge is 0.205 e. The van der Waals surface area contributed by atoms with E-state index in [1.807, 2.05) is 18.2 Å². The molecule has 4 rings (SSSR count). The van der Waals surface area contributed by atoms with E-state index in [0.29, 0.717) is 10.9 Å². The number of halogens is 1. The van der Waals surface area contributed by atoms with Gasteiger partial charge in [-0.05, 0) is 65.8 Å². The van der Waals surface area contributed by atoms with Crippen molar-refractivity contribution in [2.75, 3.05) is 0 Å². The Labute approximate surface area is 212 Å². The molecule has 0 atom stereocenters. The van der Waals surface area contributed by atoms with Crippen LogP contribution in [0.15, 0.2) is 54.6 Å². The van der Waals surface area contributed by atoms with Crippen molar-refractivity contribution in [2.45, 2.75) is 90.9 Å². The lowest BCUT2D eigenvalue weighted by Gasteiger charge is -2.28. The summed E-state index contributed by atoms with van der Waals surface area (Å²) in [7, 11) is 0. The van der Waals surface area contributed by atoms with E-state index in [1.165, 1.54) is 75.3 Å². The van der Waals surface area contributed by atoms with Gasteiger partial charge < -0.3 is 0 Å². The highest BCUT2D eigenvalue weighted by atomic mass is 19.1. The van der Waals surface area contributed by atoms with E-state index in [2.05, 4.69) is 56.0 Å². The number of unbranched alkanes of at least 4 members (excludes halogenated alkanes) is 3. The maximum atomic E-state index is 15.0. The van der Waals surface area contributed by atoms with Crippen molar-refractivity contribution in [3.05, 3.63) is 82.7 Å². The summed E-state index contributed by atoms with van der Waals surface area (Å²) in [6.45, 7) is 4.41. The first kappa shape index (κ1) is 25.5. The molecule has 1 aliphatic rings. The number of rotatable bonds is 9. The first-order valence-electron chi connectivity index (χ1n) is 14.0. The topological polar surface area (TPSA) is 0 Å². The number of fused-ring (bicyclic) bond motifs is 1. The van der Waals surface area contributed by atoms with Crippen molar-refractivity contribution in [1.29, 1.82) is 0 Å². The third-order valence-electron chi connectivity index (χ3n) is 8.00. The second kappa shape index (κ2) is 12.9. The molecule has 0 aromatic heterocycles. The minimum Gasteiger partial charge on any atom is -0.205 e. The molecule has 0 heterocycles. The van der Waals surface area contributed by atoms with Gasteiger partial charge in [0.05, 0.1) is 5.56 Å². The molecule has 35 heavy (non-hydrogen) atoms. The molecule has 0 nitrogen and oxygen atoms in total. The average molecular weight is 469 g/mol. The summed E-state index contributed by atoms with van der Waals surface area (Å²) in [5, 5.41) is 1.59. The fraction of sp³-hybridized carbons (Fsp3) is 0.471. The third kappa shape index (κ3) is 7.20. The maximum absolute atomic E-state index is 15.0. The van der Waals surface area contributed by atoms with Crippen LogP contribution in [0.1, 0.15) is 100 Å². The van der Waals surface area contributed by atoms with Gasteiger partial charge in [-0.25, -0.2) is 4.39 Å². The lowest BCUT2D eigenvalue weighted by molar-refractivity contribution is 0.249. The van der Waals surface area contributed by atoms with Gasteiger partial charge in [-0.15, -0.1) is 0 Å². The molecule has 3 aromatic rings. The van der Waals surface area contributed by atoms with Crippen LogP contribution in [-0.4, -0.2) is 0 Å². The van der Waals surface area contributed by atoms with Gasteiger partial charge in [-0.3, -0.25) is 0 Å². The highest BCUT2D eigenvalue weighted by molar-refractivity contribution is 5.85. The Morgan fingerprint density at radius 2 is 1.46 bits per heavy atom. The molecular weight excluding hydrogens is 427 g/mol. The SMILES string of the molecule is CCCCCCC1CCC(CCc2ccc(C#Cc3ccc4cc(CC)ccc4c3F)cc2)CC1. The van der Waals surface area contributed by atoms with Crippen molar-refractivity contribution in [3.63, 3.8) is 0 Å². The molecule has 184 valence electrons. The molecule has 3 aromatic carbocycles. The zero-order valence-corrected chi connectivity index (χ0v) is 21.7. The molecule has 0 radical (unpaired) electrons. The van der Waals surface area contributed by atoms with Crippen LogP contribution in [-0.2, 0) is 12.8 Å². The van der Waals surface area contributed by atoms with E-state index in [1.54, 1.807) is 6.07 Å². The number of benzene rings is 3. The quantitative estimate of drug-likeness (QED) is 0.216. The summed E-state index contributed by atoms with van der Waals surface area (Å²) in [6.07, 6.45) is 16.2. The van der Waals surface area contributed by atoms with Crippen molar-refractivity contribution in [3.8, 4) is 11.8 Å². The lowest BCUT2D eigenvalue weighted by atomic mass is 9.77. The molecule has 1 aliphatic carbocycles. The lowest BCUT2D eigenvalue weighted by Crippen LogP contribution is -2.15. The standard InChI is InChI=1S/C34H41F/c1-3-5-6-7-8-27-9-11-28(12-10-27)13-14-29-15-17-30(18-16-29)19-21-31-22-23-32-25-26(4-2)20-24-33(32)34(31)35/h15-18,20,22-25,27-28H,3-14H2,1-2H3. The fourth-order valence-corrected chi connectivity index (χ4v) is 5.59. The summed E-state index contributed by atoms with van der Waals surface area (Å²) >= 11 is 0. The Hall–Kier alpha value is -2.59. The zero-order chi connectivity index (χ0) is 24.5. The normalized spacial score (nSPS) is 17.8. The zero-order valence-electron chi connectivity index (χ0n) is 21.7. The van der Waals surface area contributed by atoms with Gasteiger partial charge in [-0.1, -0.05) is 120 Å². The van der Waals surface area contributed by atoms with Crippen LogP contribution in [0, 0.1) is 29.5 Å². The average Bonchev–Trinajstić information content (AvgIpc) is 2.90. The molecule has 0 N–H and O–H groups in total. The third-order valence-corrected chi connectivity index (χ3v) is 8.00. The Balaban J connectivity index is 1.27. The highest BCUT2D eigenvalue weighted by Gasteiger charge is 2.20. The van der Waals surface area contributed by atoms with Crippen molar-refractivity contribution in [2.24, 2.45) is 11.8 Å². The smallest absolute Gasteiger partial charge is 0.146 e. The van der Waals surface area contributed by atoms with Crippen LogP contribution in [0.5, 0.6) is 0 Å². The van der Waals surface area contributed by atoms with Crippen LogP contribution in [0.2, 0.25) is 0 Å². The minimum atomic E-state index is -0.218. The maximum Gasteiger partial charge on any atom is 0.146 e. The van der Waals surface area contributed by atoms with E-state index < -0.39 is 0 Å². The minimum absolute atomic E-state index is 0.218. The van der Waals surface area contributed by atoms with Gasteiger partial charge in [0.1, 0.15) is 5.82 Å². The Kier molecular flexibility index (Phi) is 9.42. The number of hydrogen-bond donors (Lipinski definition) is 0. The predicted molar refractivity (Wildman–Crippen MR) is 148 cm³/mol. The molecule has 1 saturated carbocycles. The molecule has 0 saturated heterocycles.